The highest BCUT2D eigenvalue weighted by atomic mass is 32.2. The van der Waals surface area contributed by atoms with Crippen LogP contribution >= 0.6 is 11.8 Å². The number of nitrogens with one attached hydrogen (secondary N) is 1. The first-order chi connectivity index (χ1) is 13.0. The Morgan fingerprint density at radius 1 is 1.07 bits per heavy atom. The first-order valence-corrected chi connectivity index (χ1v) is 9.02. The lowest BCUT2D eigenvalue weighted by Crippen LogP contribution is -2.28. The fourth-order valence-corrected chi connectivity index (χ4v) is 2.87. The Morgan fingerprint density at radius 3 is 2.52 bits per heavy atom. The van der Waals surface area contributed by atoms with Crippen molar-refractivity contribution in [3.8, 4) is 11.5 Å². The summed E-state index contributed by atoms with van der Waals surface area (Å²) in [7, 11) is 3.07. The predicted molar refractivity (Wildman–Crippen MR) is 99.5 cm³/mol. The highest BCUT2D eigenvalue weighted by Gasteiger charge is 2.11. The number of hydrogen-bond acceptors (Lipinski definition) is 6. The molecule has 0 unspecified atom stereocenters. The molecular formula is C19H20FNO5S. The molecule has 0 fully saturated rings. The first kappa shape index (κ1) is 20.6. The lowest BCUT2D eigenvalue weighted by molar-refractivity contribution is -0.145. The number of esters is 1. The van der Waals surface area contributed by atoms with Gasteiger partial charge < -0.3 is 19.5 Å². The number of amides is 1. The smallest absolute Gasteiger partial charge is 0.316 e. The van der Waals surface area contributed by atoms with Crippen LogP contribution in [0.5, 0.6) is 11.5 Å². The monoisotopic (exact) mass is 393 g/mol. The quantitative estimate of drug-likeness (QED) is 0.522. The summed E-state index contributed by atoms with van der Waals surface area (Å²) in [4.78, 5) is 23.9. The topological polar surface area (TPSA) is 73.9 Å². The van der Waals surface area contributed by atoms with E-state index in [4.69, 9.17) is 14.2 Å². The Bertz CT molecular complexity index is 799. The average Bonchev–Trinajstić information content (AvgIpc) is 2.69. The van der Waals surface area contributed by atoms with E-state index in [0.717, 1.165) is 17.3 Å². The van der Waals surface area contributed by atoms with Gasteiger partial charge in [0.25, 0.3) is 5.91 Å². The van der Waals surface area contributed by atoms with E-state index >= 15 is 0 Å². The summed E-state index contributed by atoms with van der Waals surface area (Å²) in [6.45, 7) is -0.148. The molecular weight excluding hydrogens is 373 g/mol. The molecule has 1 amide bonds. The highest BCUT2D eigenvalue weighted by molar-refractivity contribution is 8.00. The lowest BCUT2D eigenvalue weighted by atomic mass is 10.2. The van der Waals surface area contributed by atoms with Crippen LogP contribution in [0.4, 0.5) is 4.39 Å². The van der Waals surface area contributed by atoms with Crippen molar-refractivity contribution in [1.29, 1.82) is 0 Å². The summed E-state index contributed by atoms with van der Waals surface area (Å²) in [6.07, 6.45) is 0. The van der Waals surface area contributed by atoms with Crippen molar-refractivity contribution in [3.63, 3.8) is 0 Å². The van der Waals surface area contributed by atoms with Crippen LogP contribution in [0.2, 0.25) is 0 Å². The molecule has 0 aliphatic carbocycles. The number of benzene rings is 2. The largest absolute Gasteiger partial charge is 0.493 e. The van der Waals surface area contributed by atoms with Gasteiger partial charge in [-0.2, -0.15) is 0 Å². The number of thioether (sulfide) groups is 1. The van der Waals surface area contributed by atoms with Crippen LogP contribution in [0.15, 0.2) is 47.4 Å². The average molecular weight is 393 g/mol. The molecule has 144 valence electrons. The standard InChI is InChI=1S/C19H20FNO5S/c1-24-15-8-7-13(9-16(15)25-2)10-21-18(22)11-26-19(23)12-27-17-6-4-3-5-14(17)20/h3-9H,10-12H2,1-2H3,(H,21,22). The number of halogens is 1. The zero-order valence-electron chi connectivity index (χ0n) is 15.0. The number of carbonyl (C=O) groups excluding carboxylic acids is 2. The molecule has 2 rings (SSSR count). The van der Waals surface area contributed by atoms with Crippen LogP contribution in [-0.2, 0) is 20.9 Å². The van der Waals surface area contributed by atoms with Gasteiger partial charge in [-0.25, -0.2) is 4.39 Å². The Hall–Kier alpha value is -2.74. The molecule has 8 heteroatoms. The Kier molecular flexibility index (Phi) is 7.94. The summed E-state index contributed by atoms with van der Waals surface area (Å²) in [5.74, 6) is -0.361. The number of methoxy groups -OCH3 is 2. The molecule has 0 bridgehead atoms. The molecule has 0 aromatic heterocycles. The molecule has 0 atom stereocenters. The molecule has 27 heavy (non-hydrogen) atoms. The number of ether oxygens (including phenoxy) is 3. The van der Waals surface area contributed by atoms with Crippen molar-refractivity contribution in [1.82, 2.24) is 5.32 Å². The summed E-state index contributed by atoms with van der Waals surface area (Å²) >= 11 is 1.02. The molecule has 2 aromatic carbocycles. The first-order valence-electron chi connectivity index (χ1n) is 8.04. The van der Waals surface area contributed by atoms with E-state index in [0.29, 0.717) is 16.4 Å². The third kappa shape index (κ3) is 6.49. The van der Waals surface area contributed by atoms with Gasteiger partial charge in [0.1, 0.15) is 5.82 Å². The van der Waals surface area contributed by atoms with E-state index in [2.05, 4.69) is 5.32 Å². The van der Waals surface area contributed by atoms with Crippen LogP contribution in [0.3, 0.4) is 0 Å². The van der Waals surface area contributed by atoms with E-state index in [1.54, 1.807) is 36.4 Å². The number of rotatable bonds is 9. The normalized spacial score (nSPS) is 10.2. The molecule has 6 nitrogen and oxygen atoms in total. The summed E-state index contributed by atoms with van der Waals surface area (Å²) < 4.78 is 28.7. The van der Waals surface area contributed by atoms with Crippen LogP contribution < -0.4 is 14.8 Å². The van der Waals surface area contributed by atoms with Crippen LogP contribution in [0, 0.1) is 5.82 Å². The van der Waals surface area contributed by atoms with Crippen molar-refractivity contribution >= 4 is 23.6 Å². The summed E-state index contributed by atoms with van der Waals surface area (Å²) in [5.41, 5.74) is 0.808. The second-order valence-corrected chi connectivity index (χ2v) is 6.36. The maximum absolute atomic E-state index is 13.5. The predicted octanol–water partition coefficient (Wildman–Crippen LogP) is 2.79. The van der Waals surface area contributed by atoms with Crippen LogP contribution in [0.25, 0.3) is 0 Å². The van der Waals surface area contributed by atoms with Gasteiger partial charge in [0.15, 0.2) is 18.1 Å². The molecule has 0 saturated carbocycles. The molecule has 1 N–H and O–H groups in total. The van der Waals surface area contributed by atoms with Gasteiger partial charge in [-0.15, -0.1) is 11.8 Å². The zero-order chi connectivity index (χ0) is 19.6. The van der Waals surface area contributed by atoms with Crippen LogP contribution in [-0.4, -0.2) is 38.5 Å². The van der Waals surface area contributed by atoms with E-state index < -0.39 is 24.3 Å². The summed E-state index contributed by atoms with van der Waals surface area (Å²) in [5, 5.41) is 2.65. The fourth-order valence-electron chi connectivity index (χ4n) is 2.13. The molecule has 0 heterocycles. The number of carbonyl (C=O) groups is 2. The van der Waals surface area contributed by atoms with Gasteiger partial charge in [-0.1, -0.05) is 18.2 Å². The Labute approximate surface area is 161 Å². The molecule has 2 aromatic rings. The third-order valence-electron chi connectivity index (χ3n) is 3.48. The molecule has 0 radical (unpaired) electrons. The minimum atomic E-state index is -0.593. The second-order valence-electron chi connectivity index (χ2n) is 5.35. The van der Waals surface area contributed by atoms with Gasteiger partial charge in [0, 0.05) is 11.4 Å². The van der Waals surface area contributed by atoms with Crippen molar-refractivity contribution in [3.05, 3.63) is 53.8 Å². The maximum atomic E-state index is 13.5. The lowest BCUT2D eigenvalue weighted by Gasteiger charge is -2.10. The SMILES string of the molecule is COc1ccc(CNC(=O)COC(=O)CSc2ccccc2F)cc1OC. The molecule has 0 aliphatic heterocycles. The van der Waals surface area contributed by atoms with Crippen molar-refractivity contribution in [2.75, 3.05) is 26.6 Å². The maximum Gasteiger partial charge on any atom is 0.316 e. The second kappa shape index (κ2) is 10.4. The van der Waals surface area contributed by atoms with Gasteiger partial charge >= 0.3 is 5.97 Å². The van der Waals surface area contributed by atoms with E-state index in [9.17, 15) is 14.0 Å². The van der Waals surface area contributed by atoms with Gasteiger partial charge in [0.2, 0.25) is 0 Å². The Morgan fingerprint density at radius 2 is 1.81 bits per heavy atom. The van der Waals surface area contributed by atoms with Crippen molar-refractivity contribution in [2.45, 2.75) is 11.4 Å². The van der Waals surface area contributed by atoms with Gasteiger partial charge in [-0.3, -0.25) is 9.59 Å². The van der Waals surface area contributed by atoms with E-state index in [1.807, 2.05) is 0 Å². The van der Waals surface area contributed by atoms with Crippen LogP contribution in [0.1, 0.15) is 5.56 Å². The summed E-state index contributed by atoms with van der Waals surface area (Å²) in [6, 6.07) is 11.4. The molecule has 0 aliphatic rings. The molecule has 0 saturated heterocycles. The minimum Gasteiger partial charge on any atom is -0.493 e. The Balaban J connectivity index is 1.73. The van der Waals surface area contributed by atoms with Crippen molar-refractivity contribution < 1.29 is 28.2 Å². The molecule has 0 spiro atoms. The minimum absolute atomic E-state index is 0.0795. The van der Waals surface area contributed by atoms with E-state index in [1.165, 1.54) is 20.3 Å². The zero-order valence-corrected chi connectivity index (χ0v) is 15.8. The third-order valence-corrected chi connectivity index (χ3v) is 4.51. The number of hydrogen-bond donors (Lipinski definition) is 1. The van der Waals surface area contributed by atoms with Gasteiger partial charge in [-0.05, 0) is 29.8 Å². The highest BCUT2D eigenvalue weighted by Crippen LogP contribution is 2.27. The fraction of sp³-hybridized carbons (Fsp3) is 0.263. The van der Waals surface area contributed by atoms with Gasteiger partial charge in [0.05, 0.1) is 20.0 Å². The van der Waals surface area contributed by atoms with E-state index in [-0.39, 0.29) is 12.3 Å². The van der Waals surface area contributed by atoms with Crippen molar-refractivity contribution in [2.24, 2.45) is 0 Å².